The number of nitrogens with one attached hydrogen (secondary N) is 2. The Balaban J connectivity index is 2.46. The van der Waals surface area contributed by atoms with Crippen molar-refractivity contribution in [2.75, 3.05) is 5.32 Å². The Morgan fingerprint density at radius 1 is 1.21 bits per heavy atom. The summed E-state index contributed by atoms with van der Waals surface area (Å²) in [4.78, 5) is 0. The number of benzene rings is 1. The minimum atomic E-state index is -0.654. The summed E-state index contributed by atoms with van der Waals surface area (Å²) >= 11 is 5.10. The molecule has 1 rings (SSSR count). The second-order valence-corrected chi connectivity index (χ2v) is 5.50. The van der Waals surface area contributed by atoms with Gasteiger partial charge in [-0.05, 0) is 50.0 Å². The van der Waals surface area contributed by atoms with Gasteiger partial charge in [-0.2, -0.15) is 0 Å². The molecule has 19 heavy (non-hydrogen) atoms. The summed E-state index contributed by atoms with van der Waals surface area (Å²) in [6.07, 6.45) is 2.09. The molecule has 1 atom stereocenters. The third kappa shape index (κ3) is 5.96. The number of thiocarbonyl (C=S) groups is 1. The number of rotatable bonds is 5. The van der Waals surface area contributed by atoms with E-state index in [4.69, 9.17) is 12.2 Å². The predicted molar refractivity (Wildman–Crippen MR) is 79.2 cm³/mol. The molecule has 0 unspecified atom stereocenters. The van der Waals surface area contributed by atoms with Gasteiger partial charge in [-0.15, -0.1) is 0 Å². The summed E-state index contributed by atoms with van der Waals surface area (Å²) < 4.78 is 26.2. The van der Waals surface area contributed by atoms with Gasteiger partial charge in [0.05, 0.1) is 5.69 Å². The Hall–Kier alpha value is -1.23. The van der Waals surface area contributed by atoms with E-state index in [-0.39, 0.29) is 11.7 Å². The fourth-order valence-corrected chi connectivity index (χ4v) is 1.94. The topological polar surface area (TPSA) is 24.1 Å². The van der Waals surface area contributed by atoms with Crippen LogP contribution in [0.1, 0.15) is 33.6 Å². The molecule has 5 heteroatoms. The van der Waals surface area contributed by atoms with E-state index >= 15 is 0 Å². The summed E-state index contributed by atoms with van der Waals surface area (Å²) in [5, 5.41) is 6.17. The van der Waals surface area contributed by atoms with Gasteiger partial charge in [0.25, 0.3) is 0 Å². The molecule has 2 nitrogen and oxygen atoms in total. The van der Waals surface area contributed by atoms with Crippen LogP contribution in [0, 0.1) is 17.6 Å². The van der Waals surface area contributed by atoms with Crippen molar-refractivity contribution in [3.05, 3.63) is 29.8 Å². The van der Waals surface area contributed by atoms with Gasteiger partial charge in [0.2, 0.25) is 0 Å². The van der Waals surface area contributed by atoms with E-state index < -0.39 is 11.6 Å². The zero-order valence-corrected chi connectivity index (χ0v) is 12.3. The summed E-state index contributed by atoms with van der Waals surface area (Å²) in [6.45, 7) is 6.35. The lowest BCUT2D eigenvalue weighted by Gasteiger charge is -2.18. The van der Waals surface area contributed by atoms with Gasteiger partial charge in [0.1, 0.15) is 11.6 Å². The number of hydrogen-bond donors (Lipinski definition) is 2. The average molecular weight is 286 g/mol. The zero-order chi connectivity index (χ0) is 14.4. The first-order chi connectivity index (χ1) is 8.88. The van der Waals surface area contributed by atoms with Gasteiger partial charge in [-0.25, -0.2) is 8.78 Å². The Labute approximate surface area is 118 Å². The van der Waals surface area contributed by atoms with Crippen LogP contribution in [0.25, 0.3) is 0 Å². The zero-order valence-electron chi connectivity index (χ0n) is 11.5. The summed E-state index contributed by atoms with van der Waals surface area (Å²) in [5.41, 5.74) is 0.176. The molecule has 2 N–H and O–H groups in total. The lowest BCUT2D eigenvalue weighted by atomic mass is 10.0. The van der Waals surface area contributed by atoms with Gasteiger partial charge < -0.3 is 10.6 Å². The van der Waals surface area contributed by atoms with Crippen molar-refractivity contribution in [1.82, 2.24) is 5.32 Å². The second-order valence-electron chi connectivity index (χ2n) is 5.09. The van der Waals surface area contributed by atoms with E-state index in [1.165, 1.54) is 12.1 Å². The molecule has 1 aromatic rings. The lowest BCUT2D eigenvalue weighted by molar-refractivity contribution is 0.494. The summed E-state index contributed by atoms with van der Waals surface area (Å²) in [6, 6.07) is 3.56. The smallest absolute Gasteiger partial charge is 0.171 e. The average Bonchev–Trinajstić information content (AvgIpc) is 2.30. The quantitative estimate of drug-likeness (QED) is 0.798. The minimum absolute atomic E-state index is 0.176. The molecular formula is C14H20F2N2S. The second kappa shape index (κ2) is 7.38. The van der Waals surface area contributed by atoms with Crippen molar-refractivity contribution < 1.29 is 8.78 Å². The highest BCUT2D eigenvalue weighted by atomic mass is 32.1. The third-order valence-electron chi connectivity index (χ3n) is 2.73. The fourth-order valence-electron chi connectivity index (χ4n) is 1.63. The van der Waals surface area contributed by atoms with Crippen molar-refractivity contribution in [1.29, 1.82) is 0 Å². The van der Waals surface area contributed by atoms with Crippen molar-refractivity contribution >= 4 is 23.0 Å². The summed E-state index contributed by atoms with van der Waals surface area (Å²) in [7, 11) is 0. The SMILES string of the molecule is CC(C)CC[C@H](C)NC(=S)Nc1ccc(F)cc1F. The first kappa shape index (κ1) is 15.8. The first-order valence-corrected chi connectivity index (χ1v) is 6.82. The fraction of sp³-hybridized carbons (Fsp3) is 0.500. The molecular weight excluding hydrogens is 266 g/mol. The van der Waals surface area contributed by atoms with Crippen LogP contribution in [0.5, 0.6) is 0 Å². The molecule has 0 aromatic heterocycles. The van der Waals surface area contributed by atoms with Crippen LogP contribution >= 0.6 is 12.2 Å². The standard InChI is InChI=1S/C14H20F2N2S/c1-9(2)4-5-10(3)17-14(19)18-13-7-6-11(15)8-12(13)16/h6-10H,4-5H2,1-3H3,(H2,17,18,19)/t10-/m0/s1. The largest absolute Gasteiger partial charge is 0.360 e. The van der Waals surface area contributed by atoms with E-state index in [0.717, 1.165) is 18.9 Å². The lowest BCUT2D eigenvalue weighted by Crippen LogP contribution is -2.36. The Kier molecular flexibility index (Phi) is 6.15. The van der Waals surface area contributed by atoms with Crippen molar-refractivity contribution in [3.63, 3.8) is 0 Å². The molecule has 0 bridgehead atoms. The Bertz CT molecular complexity index is 435. The van der Waals surface area contributed by atoms with Crippen LogP contribution in [-0.4, -0.2) is 11.2 Å². The van der Waals surface area contributed by atoms with Gasteiger partial charge >= 0.3 is 0 Å². The normalized spacial score (nSPS) is 12.3. The van der Waals surface area contributed by atoms with Crippen LogP contribution in [-0.2, 0) is 0 Å². The molecule has 0 fully saturated rings. The molecule has 0 saturated carbocycles. The van der Waals surface area contributed by atoms with Gasteiger partial charge in [-0.3, -0.25) is 0 Å². The number of halogens is 2. The maximum absolute atomic E-state index is 13.4. The van der Waals surface area contributed by atoms with E-state index in [2.05, 4.69) is 24.5 Å². The maximum atomic E-state index is 13.4. The molecule has 0 heterocycles. The van der Waals surface area contributed by atoms with E-state index in [1.54, 1.807) is 0 Å². The molecule has 1 aromatic carbocycles. The molecule has 0 saturated heterocycles. The van der Waals surface area contributed by atoms with Gasteiger partial charge in [0, 0.05) is 12.1 Å². The molecule has 106 valence electrons. The van der Waals surface area contributed by atoms with Crippen molar-refractivity contribution in [2.45, 2.75) is 39.7 Å². The monoisotopic (exact) mass is 286 g/mol. The van der Waals surface area contributed by atoms with E-state index in [1.807, 2.05) is 6.92 Å². The first-order valence-electron chi connectivity index (χ1n) is 6.41. The highest BCUT2D eigenvalue weighted by Gasteiger charge is 2.08. The van der Waals surface area contributed by atoms with E-state index in [0.29, 0.717) is 11.0 Å². The number of hydrogen-bond acceptors (Lipinski definition) is 1. The minimum Gasteiger partial charge on any atom is -0.360 e. The molecule has 0 radical (unpaired) electrons. The Morgan fingerprint density at radius 3 is 2.47 bits per heavy atom. The highest BCUT2D eigenvalue weighted by molar-refractivity contribution is 7.80. The Morgan fingerprint density at radius 2 is 1.89 bits per heavy atom. The maximum Gasteiger partial charge on any atom is 0.171 e. The van der Waals surface area contributed by atoms with Crippen LogP contribution in [0.4, 0.5) is 14.5 Å². The molecule has 0 spiro atoms. The van der Waals surface area contributed by atoms with Crippen molar-refractivity contribution in [3.8, 4) is 0 Å². The number of anilines is 1. The molecule has 0 aliphatic heterocycles. The van der Waals surface area contributed by atoms with Gasteiger partial charge in [0.15, 0.2) is 5.11 Å². The van der Waals surface area contributed by atoms with Crippen LogP contribution in [0.2, 0.25) is 0 Å². The van der Waals surface area contributed by atoms with Crippen LogP contribution < -0.4 is 10.6 Å². The van der Waals surface area contributed by atoms with Crippen LogP contribution in [0.15, 0.2) is 18.2 Å². The molecule has 0 amide bonds. The van der Waals surface area contributed by atoms with Crippen molar-refractivity contribution in [2.24, 2.45) is 5.92 Å². The summed E-state index contributed by atoms with van der Waals surface area (Å²) in [5.74, 6) is -0.619. The van der Waals surface area contributed by atoms with Gasteiger partial charge in [-0.1, -0.05) is 13.8 Å². The predicted octanol–water partition coefficient (Wildman–Crippen LogP) is 4.08. The molecule has 0 aliphatic carbocycles. The third-order valence-corrected chi connectivity index (χ3v) is 2.95. The molecule has 0 aliphatic rings. The van der Waals surface area contributed by atoms with E-state index in [9.17, 15) is 8.78 Å². The van der Waals surface area contributed by atoms with Crippen LogP contribution in [0.3, 0.4) is 0 Å². The highest BCUT2D eigenvalue weighted by Crippen LogP contribution is 2.15.